The van der Waals surface area contributed by atoms with Gasteiger partial charge in [0.1, 0.15) is 0 Å². The Morgan fingerprint density at radius 2 is 2.12 bits per heavy atom. The zero-order valence-electron chi connectivity index (χ0n) is 12.2. The van der Waals surface area contributed by atoms with Gasteiger partial charge < -0.3 is 5.32 Å². The first-order chi connectivity index (χ1) is 7.97. The van der Waals surface area contributed by atoms with Crippen molar-refractivity contribution in [2.24, 2.45) is 23.7 Å². The molecule has 0 aromatic rings. The van der Waals surface area contributed by atoms with Crippen LogP contribution in [0.2, 0.25) is 0 Å². The predicted octanol–water partition coefficient (Wildman–Crippen LogP) is 4.79. The van der Waals surface area contributed by atoms with Crippen LogP contribution in [0.15, 0.2) is 11.6 Å². The molecule has 2 aliphatic carbocycles. The van der Waals surface area contributed by atoms with Gasteiger partial charge in [0.15, 0.2) is 0 Å². The van der Waals surface area contributed by atoms with Crippen molar-refractivity contribution in [2.75, 3.05) is 7.05 Å². The van der Waals surface area contributed by atoms with Crippen molar-refractivity contribution in [2.45, 2.75) is 58.9 Å². The average Bonchev–Trinajstić information content (AvgIpc) is 2.29. The molecular weight excluding hydrogens is 206 g/mol. The van der Waals surface area contributed by atoms with Crippen molar-refractivity contribution in [3.8, 4) is 0 Å². The van der Waals surface area contributed by atoms with Gasteiger partial charge in [-0.05, 0) is 43.4 Å². The van der Waals surface area contributed by atoms with Crippen LogP contribution in [-0.4, -0.2) is 12.6 Å². The summed E-state index contributed by atoms with van der Waals surface area (Å²) >= 11 is 0. The maximum atomic E-state index is 4.67. The quantitative estimate of drug-likeness (QED) is 0.610. The molecule has 1 saturated carbocycles. The van der Waals surface area contributed by atoms with Gasteiger partial charge in [0.25, 0.3) is 0 Å². The minimum Gasteiger partial charge on any atom is -0.660 e. The van der Waals surface area contributed by atoms with Crippen LogP contribution in [-0.2, 0) is 0 Å². The first kappa shape index (κ1) is 13.1. The second kappa shape index (κ2) is 4.76. The van der Waals surface area contributed by atoms with Crippen LogP contribution < -0.4 is 0 Å². The Hall–Kier alpha value is -0.300. The lowest BCUT2D eigenvalue weighted by Crippen LogP contribution is -2.42. The highest BCUT2D eigenvalue weighted by Gasteiger charge is 2.40. The zero-order chi connectivity index (χ0) is 12.6. The SMILES string of the molecule is C[N-][C@]1(C)CC[C@@H]2C(C)=CC[C@H](C(C)C)[C@@H]2C1. The molecule has 0 heterocycles. The van der Waals surface area contributed by atoms with Crippen molar-refractivity contribution < 1.29 is 0 Å². The lowest BCUT2D eigenvalue weighted by Gasteiger charge is -2.54. The molecule has 2 aliphatic rings. The first-order valence-corrected chi connectivity index (χ1v) is 7.24. The van der Waals surface area contributed by atoms with Gasteiger partial charge in [0.05, 0.1) is 0 Å². The molecule has 0 radical (unpaired) electrons. The Balaban J connectivity index is 2.21. The summed E-state index contributed by atoms with van der Waals surface area (Å²) in [4.78, 5) is 0. The van der Waals surface area contributed by atoms with E-state index in [1.165, 1.54) is 25.7 Å². The van der Waals surface area contributed by atoms with E-state index in [0.29, 0.717) is 0 Å². The first-order valence-electron chi connectivity index (χ1n) is 7.24. The third-order valence-corrected chi connectivity index (χ3v) is 5.43. The van der Waals surface area contributed by atoms with Crippen LogP contribution in [0.1, 0.15) is 53.4 Å². The van der Waals surface area contributed by atoms with Crippen molar-refractivity contribution in [3.63, 3.8) is 0 Å². The molecule has 1 nitrogen and oxygen atoms in total. The molecule has 0 bridgehead atoms. The minimum absolute atomic E-state index is 0.256. The number of allylic oxidation sites excluding steroid dienone is 2. The lowest BCUT2D eigenvalue weighted by molar-refractivity contribution is 0.105. The summed E-state index contributed by atoms with van der Waals surface area (Å²) in [6, 6.07) is 0. The van der Waals surface area contributed by atoms with Crippen LogP contribution in [0.4, 0.5) is 0 Å². The monoisotopic (exact) mass is 234 g/mol. The normalized spacial score (nSPS) is 42.2. The van der Waals surface area contributed by atoms with Crippen LogP contribution in [0.5, 0.6) is 0 Å². The van der Waals surface area contributed by atoms with E-state index in [2.05, 4.69) is 39.1 Å². The fraction of sp³-hybridized carbons (Fsp3) is 0.875. The molecule has 1 heteroatoms. The molecule has 0 unspecified atom stereocenters. The van der Waals surface area contributed by atoms with Gasteiger partial charge in [0.2, 0.25) is 0 Å². The fourth-order valence-electron chi connectivity index (χ4n) is 4.07. The topological polar surface area (TPSA) is 14.1 Å². The summed E-state index contributed by atoms with van der Waals surface area (Å²) in [5.74, 6) is 3.42. The van der Waals surface area contributed by atoms with Crippen LogP contribution in [0.3, 0.4) is 0 Å². The molecule has 0 saturated heterocycles. The van der Waals surface area contributed by atoms with Gasteiger partial charge in [-0.1, -0.05) is 45.3 Å². The van der Waals surface area contributed by atoms with Crippen LogP contribution in [0, 0.1) is 23.7 Å². The maximum absolute atomic E-state index is 4.67. The van der Waals surface area contributed by atoms with E-state index in [1.54, 1.807) is 5.57 Å². The zero-order valence-corrected chi connectivity index (χ0v) is 12.2. The van der Waals surface area contributed by atoms with Crippen molar-refractivity contribution in [1.82, 2.24) is 0 Å². The molecule has 0 aromatic heterocycles. The van der Waals surface area contributed by atoms with Gasteiger partial charge in [-0.15, -0.1) is 5.54 Å². The summed E-state index contributed by atoms with van der Waals surface area (Å²) in [5, 5.41) is 4.67. The fourth-order valence-corrected chi connectivity index (χ4v) is 4.07. The van der Waals surface area contributed by atoms with Crippen molar-refractivity contribution >= 4 is 0 Å². The van der Waals surface area contributed by atoms with E-state index in [4.69, 9.17) is 0 Å². The standard InChI is InChI=1S/C16H28N/c1-11(2)13-7-6-12(3)14-8-9-16(4,17-5)10-15(13)14/h6,11,13-15H,7-10H2,1-5H3/q-1/t13-,14-,15+,16-/m1/s1. The third kappa shape index (κ3) is 2.45. The predicted molar refractivity (Wildman–Crippen MR) is 75.2 cm³/mol. The summed E-state index contributed by atoms with van der Waals surface area (Å²) in [6.07, 6.45) is 7.74. The highest BCUT2D eigenvalue weighted by molar-refractivity contribution is 5.17. The average molecular weight is 234 g/mol. The summed E-state index contributed by atoms with van der Waals surface area (Å²) < 4.78 is 0. The molecule has 98 valence electrons. The van der Waals surface area contributed by atoms with Gasteiger partial charge >= 0.3 is 0 Å². The molecule has 0 spiro atoms. The third-order valence-electron chi connectivity index (χ3n) is 5.43. The Bertz CT molecular complexity index is 305. The van der Waals surface area contributed by atoms with E-state index in [1.807, 2.05) is 7.05 Å². The largest absolute Gasteiger partial charge is 0.660 e. The molecule has 4 atom stereocenters. The van der Waals surface area contributed by atoms with Crippen molar-refractivity contribution in [1.29, 1.82) is 0 Å². The smallest absolute Gasteiger partial charge is 0.0176 e. The number of hydrogen-bond donors (Lipinski definition) is 0. The van der Waals surface area contributed by atoms with E-state index in [0.717, 1.165) is 23.7 Å². The number of hydrogen-bond acceptors (Lipinski definition) is 0. The molecule has 1 fully saturated rings. The van der Waals surface area contributed by atoms with Gasteiger partial charge in [-0.25, -0.2) is 0 Å². The lowest BCUT2D eigenvalue weighted by atomic mass is 9.59. The number of nitrogens with zero attached hydrogens (tertiary/aromatic N) is 1. The number of fused-ring (bicyclic) bond motifs is 1. The maximum Gasteiger partial charge on any atom is -0.0176 e. The van der Waals surface area contributed by atoms with E-state index >= 15 is 0 Å². The number of rotatable bonds is 2. The Morgan fingerprint density at radius 3 is 2.71 bits per heavy atom. The molecule has 0 aromatic carbocycles. The Kier molecular flexibility index (Phi) is 3.68. The highest BCUT2D eigenvalue weighted by atomic mass is 14.9. The second-order valence-electron chi connectivity index (χ2n) is 6.83. The van der Waals surface area contributed by atoms with Gasteiger partial charge in [-0.2, -0.15) is 7.05 Å². The molecule has 0 amide bonds. The Labute approximate surface area is 107 Å². The van der Waals surface area contributed by atoms with E-state index < -0.39 is 0 Å². The molecule has 0 N–H and O–H groups in total. The Morgan fingerprint density at radius 1 is 1.41 bits per heavy atom. The summed E-state index contributed by atoms with van der Waals surface area (Å²) in [7, 11) is 2.01. The van der Waals surface area contributed by atoms with Crippen LogP contribution in [0.25, 0.3) is 5.32 Å². The molecule has 0 aliphatic heterocycles. The summed E-state index contributed by atoms with van der Waals surface area (Å²) in [6.45, 7) is 9.49. The molecule has 2 rings (SSSR count). The van der Waals surface area contributed by atoms with E-state index in [9.17, 15) is 0 Å². The highest BCUT2D eigenvalue weighted by Crippen LogP contribution is 2.50. The van der Waals surface area contributed by atoms with Gasteiger partial charge in [-0.3, -0.25) is 0 Å². The molecular formula is C16H28N-. The van der Waals surface area contributed by atoms with E-state index in [-0.39, 0.29) is 5.54 Å². The second-order valence-corrected chi connectivity index (χ2v) is 6.83. The minimum atomic E-state index is 0.256. The van der Waals surface area contributed by atoms with Gasteiger partial charge in [0, 0.05) is 0 Å². The summed E-state index contributed by atoms with van der Waals surface area (Å²) in [5.41, 5.74) is 1.91. The molecule has 17 heavy (non-hydrogen) atoms. The van der Waals surface area contributed by atoms with Crippen molar-refractivity contribution in [3.05, 3.63) is 17.0 Å². The van der Waals surface area contributed by atoms with Crippen LogP contribution >= 0.6 is 0 Å².